The van der Waals surface area contributed by atoms with Crippen molar-refractivity contribution in [2.45, 2.75) is 6.10 Å². The van der Waals surface area contributed by atoms with Crippen molar-refractivity contribution in [1.29, 1.82) is 0 Å². The maximum absolute atomic E-state index is 9.03. The van der Waals surface area contributed by atoms with Crippen molar-refractivity contribution in [3.63, 3.8) is 0 Å². The third kappa shape index (κ3) is 1.42. The Bertz CT molecular complexity index is 249. The third-order valence-corrected chi connectivity index (χ3v) is 1.89. The molecule has 3 nitrogen and oxygen atoms in total. The van der Waals surface area contributed by atoms with E-state index in [2.05, 4.69) is 0 Å². The van der Waals surface area contributed by atoms with E-state index in [1.807, 2.05) is 12.1 Å². The Morgan fingerprint density at radius 1 is 1.25 bits per heavy atom. The molecular formula is C9H10O3. The van der Waals surface area contributed by atoms with Gasteiger partial charge in [0.2, 0.25) is 0 Å². The number of phenols is 1. The molecule has 1 aromatic carbocycles. The van der Waals surface area contributed by atoms with Crippen LogP contribution < -0.4 is 0 Å². The minimum Gasteiger partial charge on any atom is -0.508 e. The molecule has 1 aliphatic heterocycles. The molecule has 0 saturated carbocycles. The predicted octanol–water partition coefficient (Wildman–Crippen LogP) is 1.44. The van der Waals surface area contributed by atoms with Gasteiger partial charge >= 0.3 is 0 Å². The fourth-order valence-corrected chi connectivity index (χ4v) is 1.21. The summed E-state index contributed by atoms with van der Waals surface area (Å²) in [6.45, 7) is 0.969. The zero-order valence-corrected chi connectivity index (χ0v) is 6.56. The SMILES string of the molecule is Oc1ccc(C2COCO2)cc1. The van der Waals surface area contributed by atoms with Gasteiger partial charge in [0.25, 0.3) is 0 Å². The van der Waals surface area contributed by atoms with E-state index >= 15 is 0 Å². The molecule has 2 rings (SSSR count). The summed E-state index contributed by atoms with van der Waals surface area (Å²) in [5.74, 6) is 0.276. The van der Waals surface area contributed by atoms with Crippen LogP contribution in [-0.4, -0.2) is 18.5 Å². The summed E-state index contributed by atoms with van der Waals surface area (Å²) in [6.07, 6.45) is 0.0330. The summed E-state index contributed by atoms with van der Waals surface area (Å²) in [6, 6.07) is 6.98. The molecule has 0 aliphatic carbocycles. The van der Waals surface area contributed by atoms with E-state index in [0.29, 0.717) is 13.4 Å². The van der Waals surface area contributed by atoms with Crippen LogP contribution in [-0.2, 0) is 9.47 Å². The molecule has 12 heavy (non-hydrogen) atoms. The molecule has 1 aliphatic rings. The highest BCUT2D eigenvalue weighted by atomic mass is 16.7. The molecule has 1 saturated heterocycles. The molecule has 0 spiro atoms. The third-order valence-electron chi connectivity index (χ3n) is 1.89. The number of aromatic hydroxyl groups is 1. The molecule has 0 aromatic heterocycles. The number of hydrogen-bond donors (Lipinski definition) is 1. The maximum Gasteiger partial charge on any atom is 0.147 e. The number of benzene rings is 1. The molecule has 0 amide bonds. The Morgan fingerprint density at radius 2 is 2.00 bits per heavy atom. The van der Waals surface area contributed by atoms with Crippen molar-refractivity contribution in [1.82, 2.24) is 0 Å². The Hall–Kier alpha value is -1.06. The first-order valence-electron chi connectivity index (χ1n) is 3.84. The molecule has 0 radical (unpaired) electrons. The summed E-state index contributed by atoms with van der Waals surface area (Å²) >= 11 is 0. The molecular weight excluding hydrogens is 156 g/mol. The van der Waals surface area contributed by atoms with E-state index in [0.717, 1.165) is 5.56 Å². The lowest BCUT2D eigenvalue weighted by Gasteiger charge is -2.06. The number of rotatable bonds is 1. The molecule has 64 valence electrons. The molecule has 0 bridgehead atoms. The minimum atomic E-state index is 0.0330. The standard InChI is InChI=1S/C9H10O3/c10-8-3-1-7(2-4-8)9-5-11-6-12-9/h1-4,9-10H,5-6H2. The first-order chi connectivity index (χ1) is 5.86. The predicted molar refractivity (Wildman–Crippen MR) is 42.8 cm³/mol. The second-order valence-corrected chi connectivity index (χ2v) is 2.74. The van der Waals surface area contributed by atoms with Crippen molar-refractivity contribution < 1.29 is 14.6 Å². The van der Waals surface area contributed by atoms with Crippen molar-refractivity contribution in [3.05, 3.63) is 29.8 Å². The number of ether oxygens (including phenoxy) is 2. The van der Waals surface area contributed by atoms with Gasteiger partial charge in [0, 0.05) is 0 Å². The Kier molecular flexibility index (Phi) is 1.98. The zero-order chi connectivity index (χ0) is 8.39. The van der Waals surface area contributed by atoms with Crippen molar-refractivity contribution in [2.75, 3.05) is 13.4 Å². The normalized spacial score (nSPS) is 22.8. The molecule has 1 heterocycles. The van der Waals surface area contributed by atoms with Crippen LogP contribution in [0.4, 0.5) is 0 Å². The Balaban J connectivity index is 2.17. The lowest BCUT2D eigenvalue weighted by Crippen LogP contribution is -1.98. The summed E-state index contributed by atoms with van der Waals surface area (Å²) in [7, 11) is 0. The summed E-state index contributed by atoms with van der Waals surface area (Å²) in [5, 5.41) is 9.03. The molecule has 1 unspecified atom stereocenters. The zero-order valence-electron chi connectivity index (χ0n) is 6.56. The van der Waals surface area contributed by atoms with Gasteiger partial charge in [0.1, 0.15) is 18.6 Å². The highest BCUT2D eigenvalue weighted by molar-refractivity contribution is 5.27. The van der Waals surface area contributed by atoms with Gasteiger partial charge in [-0.25, -0.2) is 0 Å². The summed E-state index contributed by atoms with van der Waals surface area (Å²) in [4.78, 5) is 0. The molecule has 1 N–H and O–H groups in total. The monoisotopic (exact) mass is 166 g/mol. The van der Waals surface area contributed by atoms with Crippen LogP contribution in [0, 0.1) is 0 Å². The summed E-state index contributed by atoms with van der Waals surface area (Å²) < 4.78 is 10.3. The average Bonchev–Trinajstić information content (AvgIpc) is 2.58. The van der Waals surface area contributed by atoms with Crippen molar-refractivity contribution in [2.24, 2.45) is 0 Å². The van der Waals surface area contributed by atoms with Gasteiger partial charge in [0.15, 0.2) is 0 Å². The second kappa shape index (κ2) is 3.13. The first-order valence-corrected chi connectivity index (χ1v) is 3.84. The van der Waals surface area contributed by atoms with E-state index in [-0.39, 0.29) is 11.9 Å². The highest BCUT2D eigenvalue weighted by Gasteiger charge is 2.17. The van der Waals surface area contributed by atoms with E-state index < -0.39 is 0 Å². The maximum atomic E-state index is 9.03. The van der Waals surface area contributed by atoms with E-state index in [1.165, 1.54) is 0 Å². The average molecular weight is 166 g/mol. The van der Waals surface area contributed by atoms with Crippen LogP contribution in [0.25, 0.3) is 0 Å². The molecule has 1 aromatic rings. The number of phenolic OH excluding ortho intramolecular Hbond substituents is 1. The van der Waals surface area contributed by atoms with E-state index in [9.17, 15) is 0 Å². The molecule has 1 fully saturated rings. The second-order valence-electron chi connectivity index (χ2n) is 2.74. The highest BCUT2D eigenvalue weighted by Crippen LogP contribution is 2.23. The van der Waals surface area contributed by atoms with Gasteiger partial charge in [-0.1, -0.05) is 12.1 Å². The number of hydrogen-bond acceptors (Lipinski definition) is 3. The van der Waals surface area contributed by atoms with Crippen molar-refractivity contribution in [3.8, 4) is 5.75 Å². The van der Waals surface area contributed by atoms with Gasteiger partial charge in [0.05, 0.1) is 6.61 Å². The van der Waals surface area contributed by atoms with E-state index in [4.69, 9.17) is 14.6 Å². The van der Waals surface area contributed by atoms with Crippen molar-refractivity contribution >= 4 is 0 Å². The largest absolute Gasteiger partial charge is 0.508 e. The topological polar surface area (TPSA) is 38.7 Å². The quantitative estimate of drug-likeness (QED) is 0.686. The Morgan fingerprint density at radius 3 is 2.58 bits per heavy atom. The van der Waals surface area contributed by atoms with Crippen LogP contribution in [0.1, 0.15) is 11.7 Å². The lowest BCUT2D eigenvalue weighted by atomic mass is 10.1. The van der Waals surface area contributed by atoms with Crippen LogP contribution in [0.2, 0.25) is 0 Å². The lowest BCUT2D eigenvalue weighted by molar-refractivity contribution is 0.0466. The van der Waals surface area contributed by atoms with Crippen LogP contribution in [0.5, 0.6) is 5.75 Å². The van der Waals surface area contributed by atoms with E-state index in [1.54, 1.807) is 12.1 Å². The molecule has 1 atom stereocenters. The van der Waals surface area contributed by atoms with Gasteiger partial charge in [-0.05, 0) is 17.7 Å². The minimum absolute atomic E-state index is 0.0330. The fourth-order valence-electron chi connectivity index (χ4n) is 1.21. The van der Waals surface area contributed by atoms with Gasteiger partial charge < -0.3 is 14.6 Å². The van der Waals surface area contributed by atoms with Gasteiger partial charge in [-0.3, -0.25) is 0 Å². The Labute approximate surface area is 70.5 Å². The van der Waals surface area contributed by atoms with Gasteiger partial charge in [-0.2, -0.15) is 0 Å². The molecule has 3 heteroatoms. The van der Waals surface area contributed by atoms with Crippen LogP contribution >= 0.6 is 0 Å². The van der Waals surface area contributed by atoms with Crippen LogP contribution in [0.15, 0.2) is 24.3 Å². The van der Waals surface area contributed by atoms with Gasteiger partial charge in [-0.15, -0.1) is 0 Å². The smallest absolute Gasteiger partial charge is 0.147 e. The summed E-state index contributed by atoms with van der Waals surface area (Å²) in [5.41, 5.74) is 1.05. The fraction of sp³-hybridized carbons (Fsp3) is 0.333. The first kappa shape index (κ1) is 7.58. The van der Waals surface area contributed by atoms with Crippen LogP contribution in [0.3, 0.4) is 0 Å².